The van der Waals surface area contributed by atoms with Crippen LogP contribution in [-0.2, 0) is 5.41 Å². The first kappa shape index (κ1) is 35.9. The van der Waals surface area contributed by atoms with Gasteiger partial charge in [-0.05, 0) is 118 Å². The highest BCUT2D eigenvalue weighted by Gasteiger charge is 2.52. The minimum absolute atomic E-state index is 0.606. The number of furan rings is 2. The standard InChI is InChI=1S/C61H38N2O2/c1-3-17-39(18-4-1)62(41-34-36-58-49(37-41)46-23-10-13-31-56(46)64-58)54-29-16-28-52-59(54)48-24-8-12-27-51(48)61(52)50-26-11-7-21-43(50)44-35-33-42(38-53(44)61)63(40-19-5-2-6-20-40)55-30-15-25-47-45-22-9-14-32-57(45)65-60(47)55/h1-38H. The molecule has 12 aromatic rings. The minimum atomic E-state index is -0.606. The Morgan fingerprint density at radius 1 is 0.292 bits per heavy atom. The summed E-state index contributed by atoms with van der Waals surface area (Å²) in [6.07, 6.45) is 0. The second-order valence-corrected chi connectivity index (χ2v) is 17.1. The molecule has 4 heteroatoms. The van der Waals surface area contributed by atoms with E-state index in [1.807, 2.05) is 18.2 Å². The van der Waals surface area contributed by atoms with Crippen LogP contribution >= 0.6 is 0 Å². The first-order valence-corrected chi connectivity index (χ1v) is 22.3. The molecule has 0 bridgehead atoms. The van der Waals surface area contributed by atoms with Crippen LogP contribution in [-0.4, -0.2) is 0 Å². The van der Waals surface area contributed by atoms with E-state index in [1.54, 1.807) is 0 Å². The number of hydrogen-bond acceptors (Lipinski definition) is 4. The predicted octanol–water partition coefficient (Wildman–Crippen LogP) is 16.8. The van der Waals surface area contributed by atoms with Crippen LogP contribution in [0.1, 0.15) is 22.3 Å². The monoisotopic (exact) mass is 830 g/mol. The summed E-state index contributed by atoms with van der Waals surface area (Å²) in [7, 11) is 0. The van der Waals surface area contributed by atoms with Crippen molar-refractivity contribution in [3.63, 3.8) is 0 Å². The van der Waals surface area contributed by atoms with Gasteiger partial charge in [0.2, 0.25) is 0 Å². The van der Waals surface area contributed by atoms with Crippen LogP contribution in [0.4, 0.5) is 34.1 Å². The molecule has 0 aliphatic heterocycles. The van der Waals surface area contributed by atoms with E-state index in [4.69, 9.17) is 8.83 Å². The topological polar surface area (TPSA) is 32.8 Å². The van der Waals surface area contributed by atoms with Crippen LogP contribution in [0, 0.1) is 0 Å². The third-order valence-corrected chi connectivity index (χ3v) is 13.8. The lowest BCUT2D eigenvalue weighted by molar-refractivity contribution is 0.668. The fraction of sp³-hybridized carbons (Fsp3) is 0.0164. The molecule has 14 rings (SSSR count). The summed E-state index contributed by atoms with van der Waals surface area (Å²) in [6, 6.07) is 83.3. The molecule has 0 amide bonds. The fourth-order valence-electron chi connectivity index (χ4n) is 11.3. The van der Waals surface area contributed by atoms with Crippen molar-refractivity contribution in [2.45, 2.75) is 5.41 Å². The molecule has 2 heterocycles. The molecule has 0 fully saturated rings. The summed E-state index contributed by atoms with van der Waals surface area (Å²) in [4.78, 5) is 4.80. The van der Waals surface area contributed by atoms with Gasteiger partial charge < -0.3 is 18.6 Å². The average Bonchev–Trinajstić information content (AvgIpc) is 4.11. The molecule has 4 nitrogen and oxygen atoms in total. The van der Waals surface area contributed by atoms with Crippen molar-refractivity contribution < 1.29 is 8.83 Å². The first-order chi connectivity index (χ1) is 32.3. The van der Waals surface area contributed by atoms with Crippen molar-refractivity contribution >= 4 is 78.0 Å². The molecule has 0 saturated heterocycles. The van der Waals surface area contributed by atoms with Crippen LogP contribution < -0.4 is 9.80 Å². The number of para-hydroxylation sites is 5. The first-order valence-electron chi connectivity index (χ1n) is 22.3. The Labute approximate surface area is 375 Å². The van der Waals surface area contributed by atoms with Crippen LogP contribution in [0.2, 0.25) is 0 Å². The summed E-state index contributed by atoms with van der Waals surface area (Å²) < 4.78 is 13.1. The van der Waals surface area contributed by atoms with Gasteiger partial charge in [-0.15, -0.1) is 0 Å². The van der Waals surface area contributed by atoms with Gasteiger partial charge in [-0.3, -0.25) is 0 Å². The van der Waals surface area contributed by atoms with E-state index in [0.29, 0.717) is 0 Å². The van der Waals surface area contributed by atoms with E-state index < -0.39 is 5.41 Å². The number of nitrogens with zero attached hydrogens (tertiary/aromatic N) is 2. The second-order valence-electron chi connectivity index (χ2n) is 17.1. The Morgan fingerprint density at radius 2 is 0.800 bits per heavy atom. The summed E-state index contributed by atoms with van der Waals surface area (Å²) in [5.41, 5.74) is 19.3. The van der Waals surface area contributed by atoms with Crippen molar-refractivity contribution in [1.29, 1.82) is 0 Å². The summed E-state index contributed by atoms with van der Waals surface area (Å²) in [5, 5.41) is 4.41. The van der Waals surface area contributed by atoms with Crippen LogP contribution in [0.15, 0.2) is 239 Å². The quantitative estimate of drug-likeness (QED) is 0.167. The third-order valence-electron chi connectivity index (χ3n) is 13.8. The zero-order valence-electron chi connectivity index (χ0n) is 35.2. The third kappa shape index (κ3) is 5.02. The van der Waals surface area contributed by atoms with E-state index in [0.717, 1.165) is 78.0 Å². The van der Waals surface area contributed by atoms with Crippen LogP contribution in [0.5, 0.6) is 0 Å². The number of benzene rings is 10. The Kier molecular flexibility index (Phi) is 7.57. The Balaban J connectivity index is 1.03. The zero-order chi connectivity index (χ0) is 42.6. The molecule has 10 aromatic carbocycles. The lowest BCUT2D eigenvalue weighted by atomic mass is 9.70. The number of rotatable bonds is 6. The van der Waals surface area contributed by atoms with Gasteiger partial charge in [0, 0.05) is 49.9 Å². The molecule has 1 spiro atoms. The smallest absolute Gasteiger partial charge is 0.159 e. The lowest BCUT2D eigenvalue weighted by Gasteiger charge is -2.33. The molecule has 2 aromatic heterocycles. The summed E-state index contributed by atoms with van der Waals surface area (Å²) in [5.74, 6) is 0. The van der Waals surface area contributed by atoms with Gasteiger partial charge in [-0.2, -0.15) is 0 Å². The molecular formula is C61H38N2O2. The molecule has 0 radical (unpaired) electrons. The second kappa shape index (κ2) is 13.7. The van der Waals surface area contributed by atoms with Crippen molar-refractivity contribution in [1.82, 2.24) is 0 Å². The molecule has 65 heavy (non-hydrogen) atoms. The highest BCUT2D eigenvalue weighted by molar-refractivity contribution is 6.11. The van der Waals surface area contributed by atoms with E-state index in [-0.39, 0.29) is 0 Å². The van der Waals surface area contributed by atoms with Gasteiger partial charge in [0.05, 0.1) is 16.8 Å². The Morgan fingerprint density at radius 3 is 1.57 bits per heavy atom. The molecule has 2 aliphatic carbocycles. The largest absolute Gasteiger partial charge is 0.456 e. The summed E-state index contributed by atoms with van der Waals surface area (Å²) in [6.45, 7) is 0. The Bertz CT molecular complexity index is 3870. The molecule has 1 atom stereocenters. The van der Waals surface area contributed by atoms with Gasteiger partial charge in [-0.1, -0.05) is 152 Å². The maximum Gasteiger partial charge on any atom is 0.159 e. The van der Waals surface area contributed by atoms with Crippen molar-refractivity contribution in [2.75, 3.05) is 9.80 Å². The summed E-state index contributed by atoms with van der Waals surface area (Å²) >= 11 is 0. The van der Waals surface area contributed by atoms with Gasteiger partial charge in [0.25, 0.3) is 0 Å². The number of fused-ring (bicyclic) bond motifs is 16. The molecule has 304 valence electrons. The molecule has 0 saturated carbocycles. The van der Waals surface area contributed by atoms with Crippen molar-refractivity contribution in [3.05, 3.63) is 253 Å². The van der Waals surface area contributed by atoms with Gasteiger partial charge in [-0.25, -0.2) is 0 Å². The normalized spacial score (nSPS) is 14.5. The Hall–Kier alpha value is -8.60. The SMILES string of the molecule is c1ccc(N(c2ccc3oc4ccccc4c3c2)c2cccc3c2-c2ccccc2C32c3ccccc3-c3ccc(N(c4ccccc4)c4cccc5c4oc4ccccc45)cc32)cc1. The molecule has 0 N–H and O–H groups in total. The van der Waals surface area contributed by atoms with E-state index in [9.17, 15) is 0 Å². The highest BCUT2D eigenvalue weighted by atomic mass is 16.3. The van der Waals surface area contributed by atoms with E-state index in [1.165, 1.54) is 44.5 Å². The van der Waals surface area contributed by atoms with E-state index >= 15 is 0 Å². The molecule has 1 unspecified atom stereocenters. The highest BCUT2D eigenvalue weighted by Crippen LogP contribution is 2.65. The lowest BCUT2D eigenvalue weighted by Crippen LogP contribution is -2.26. The maximum absolute atomic E-state index is 6.73. The van der Waals surface area contributed by atoms with Gasteiger partial charge in [0.15, 0.2) is 5.58 Å². The number of anilines is 6. The molecule has 2 aliphatic rings. The van der Waals surface area contributed by atoms with Crippen LogP contribution in [0.3, 0.4) is 0 Å². The predicted molar refractivity (Wildman–Crippen MR) is 267 cm³/mol. The van der Waals surface area contributed by atoms with Crippen molar-refractivity contribution in [3.8, 4) is 22.3 Å². The van der Waals surface area contributed by atoms with Crippen molar-refractivity contribution in [2.24, 2.45) is 0 Å². The number of hydrogen-bond donors (Lipinski definition) is 0. The van der Waals surface area contributed by atoms with Gasteiger partial charge >= 0.3 is 0 Å². The minimum Gasteiger partial charge on any atom is -0.456 e. The average molecular weight is 831 g/mol. The molecular weight excluding hydrogens is 793 g/mol. The zero-order valence-corrected chi connectivity index (χ0v) is 35.2. The van der Waals surface area contributed by atoms with E-state index in [2.05, 4.69) is 222 Å². The van der Waals surface area contributed by atoms with Gasteiger partial charge in [0.1, 0.15) is 16.7 Å². The van der Waals surface area contributed by atoms with Crippen LogP contribution in [0.25, 0.3) is 66.1 Å². The fourth-order valence-corrected chi connectivity index (χ4v) is 11.3. The maximum atomic E-state index is 6.73.